The van der Waals surface area contributed by atoms with Crippen LogP contribution in [0.25, 0.3) is 21.9 Å². The maximum Gasteiger partial charge on any atom is 0.0978 e. The van der Waals surface area contributed by atoms with E-state index in [1.165, 1.54) is 0 Å². The molecular weight excluding hydrogens is 372 g/mol. The Morgan fingerprint density at radius 2 is 1.70 bits per heavy atom. The SMILES string of the molecule is C=C[C@H](O)c1c(C)c(Br)c2ccccc2c1-c1ccc(Cl)cc1. The summed E-state index contributed by atoms with van der Waals surface area (Å²) in [6.45, 7) is 5.76. The Labute approximate surface area is 149 Å². The molecule has 3 aromatic rings. The van der Waals surface area contributed by atoms with Gasteiger partial charge in [-0.25, -0.2) is 0 Å². The summed E-state index contributed by atoms with van der Waals surface area (Å²) in [6.07, 6.45) is 0.824. The van der Waals surface area contributed by atoms with Crippen molar-refractivity contribution in [1.29, 1.82) is 0 Å². The standard InChI is InChI=1S/C20H16BrClO/c1-3-17(23)18-12(2)20(21)16-7-5-4-6-15(16)19(18)13-8-10-14(22)11-9-13/h3-11,17,23H,1H2,2H3/t17-/m0/s1. The Balaban J connectivity index is 2.48. The molecule has 0 heterocycles. The van der Waals surface area contributed by atoms with Gasteiger partial charge in [0.25, 0.3) is 0 Å². The number of rotatable bonds is 3. The summed E-state index contributed by atoms with van der Waals surface area (Å²) >= 11 is 9.71. The van der Waals surface area contributed by atoms with E-state index in [-0.39, 0.29) is 0 Å². The van der Waals surface area contributed by atoms with Gasteiger partial charge in [-0.15, -0.1) is 6.58 Å². The van der Waals surface area contributed by atoms with Gasteiger partial charge < -0.3 is 5.11 Å². The first-order valence-corrected chi connectivity index (χ1v) is 8.49. The molecule has 0 aliphatic carbocycles. The molecule has 1 N–H and O–H groups in total. The van der Waals surface area contributed by atoms with E-state index < -0.39 is 6.10 Å². The van der Waals surface area contributed by atoms with E-state index >= 15 is 0 Å². The lowest BCUT2D eigenvalue weighted by atomic mass is 9.87. The Morgan fingerprint density at radius 1 is 1.09 bits per heavy atom. The summed E-state index contributed by atoms with van der Waals surface area (Å²) in [5, 5.41) is 13.4. The third-order valence-electron chi connectivity index (χ3n) is 4.09. The molecule has 0 unspecified atom stereocenters. The summed E-state index contributed by atoms with van der Waals surface area (Å²) in [7, 11) is 0. The van der Waals surface area contributed by atoms with Crippen LogP contribution in [-0.4, -0.2) is 5.11 Å². The van der Waals surface area contributed by atoms with Gasteiger partial charge in [-0.1, -0.05) is 54.1 Å². The summed E-state index contributed by atoms with van der Waals surface area (Å²) < 4.78 is 1.00. The summed E-state index contributed by atoms with van der Waals surface area (Å²) in [6, 6.07) is 15.9. The molecule has 0 saturated carbocycles. The smallest absolute Gasteiger partial charge is 0.0978 e. The predicted molar refractivity (Wildman–Crippen MR) is 102 cm³/mol. The summed E-state index contributed by atoms with van der Waals surface area (Å²) in [5.74, 6) is 0. The maximum absolute atomic E-state index is 10.5. The average Bonchev–Trinajstić information content (AvgIpc) is 2.58. The van der Waals surface area contributed by atoms with Crippen LogP contribution in [0.4, 0.5) is 0 Å². The van der Waals surface area contributed by atoms with Crippen molar-refractivity contribution in [2.45, 2.75) is 13.0 Å². The first-order valence-electron chi connectivity index (χ1n) is 7.32. The van der Waals surface area contributed by atoms with Crippen LogP contribution in [0.5, 0.6) is 0 Å². The predicted octanol–water partition coefficient (Wildman–Crippen LogP) is 6.45. The van der Waals surface area contributed by atoms with Crippen LogP contribution >= 0.6 is 27.5 Å². The van der Waals surface area contributed by atoms with Crippen molar-refractivity contribution in [3.8, 4) is 11.1 Å². The maximum atomic E-state index is 10.5. The highest BCUT2D eigenvalue weighted by Crippen LogP contribution is 2.42. The molecule has 3 rings (SSSR count). The van der Waals surface area contributed by atoms with E-state index in [1.54, 1.807) is 6.08 Å². The quantitative estimate of drug-likeness (QED) is 0.512. The number of aliphatic hydroxyl groups is 1. The molecule has 0 radical (unpaired) electrons. The minimum Gasteiger partial charge on any atom is -0.384 e. The first kappa shape index (κ1) is 16.3. The molecule has 0 fully saturated rings. The van der Waals surface area contributed by atoms with Crippen molar-refractivity contribution in [3.05, 3.63) is 81.8 Å². The van der Waals surface area contributed by atoms with Crippen LogP contribution in [0, 0.1) is 6.92 Å². The van der Waals surface area contributed by atoms with E-state index in [9.17, 15) is 5.11 Å². The zero-order valence-corrected chi connectivity index (χ0v) is 15.0. The van der Waals surface area contributed by atoms with Crippen molar-refractivity contribution in [2.24, 2.45) is 0 Å². The highest BCUT2D eigenvalue weighted by molar-refractivity contribution is 9.10. The van der Waals surface area contributed by atoms with Crippen LogP contribution in [0.3, 0.4) is 0 Å². The number of hydrogen-bond acceptors (Lipinski definition) is 1. The second-order valence-corrected chi connectivity index (χ2v) is 6.69. The van der Waals surface area contributed by atoms with Gasteiger partial charge in [0.2, 0.25) is 0 Å². The van der Waals surface area contributed by atoms with Gasteiger partial charge in [-0.05, 0) is 68.0 Å². The van der Waals surface area contributed by atoms with Crippen LogP contribution in [0.2, 0.25) is 5.02 Å². The second kappa shape index (κ2) is 6.48. The number of hydrogen-bond donors (Lipinski definition) is 1. The zero-order valence-electron chi connectivity index (χ0n) is 12.7. The molecule has 3 aromatic carbocycles. The third-order valence-corrected chi connectivity index (χ3v) is 5.36. The second-order valence-electron chi connectivity index (χ2n) is 5.46. The van der Waals surface area contributed by atoms with E-state index in [0.29, 0.717) is 5.02 Å². The molecule has 0 aliphatic rings. The van der Waals surface area contributed by atoms with Gasteiger partial charge in [-0.3, -0.25) is 0 Å². The molecule has 116 valence electrons. The molecule has 0 aromatic heterocycles. The van der Waals surface area contributed by atoms with Gasteiger partial charge >= 0.3 is 0 Å². The Hall–Kier alpha value is -1.61. The number of halogens is 2. The molecule has 0 saturated heterocycles. The first-order chi connectivity index (χ1) is 11.0. The normalized spacial score (nSPS) is 12.3. The van der Waals surface area contributed by atoms with Gasteiger partial charge in [0.15, 0.2) is 0 Å². The molecular formula is C20H16BrClO. The molecule has 1 nitrogen and oxygen atoms in total. The largest absolute Gasteiger partial charge is 0.384 e. The van der Waals surface area contributed by atoms with Crippen LogP contribution in [-0.2, 0) is 0 Å². The summed E-state index contributed by atoms with van der Waals surface area (Å²) in [4.78, 5) is 0. The molecule has 0 spiro atoms. The van der Waals surface area contributed by atoms with E-state index in [2.05, 4.69) is 34.6 Å². The van der Waals surface area contributed by atoms with Gasteiger partial charge in [0.05, 0.1) is 6.10 Å². The van der Waals surface area contributed by atoms with Crippen LogP contribution in [0.1, 0.15) is 17.2 Å². The van der Waals surface area contributed by atoms with Crippen LogP contribution in [0.15, 0.2) is 65.7 Å². The molecule has 0 aliphatic heterocycles. The molecule has 3 heteroatoms. The fraction of sp³-hybridized carbons (Fsp3) is 0.100. The topological polar surface area (TPSA) is 20.2 Å². The van der Waals surface area contributed by atoms with E-state index in [0.717, 1.165) is 37.5 Å². The lowest BCUT2D eigenvalue weighted by Gasteiger charge is -2.21. The van der Waals surface area contributed by atoms with Crippen molar-refractivity contribution in [3.63, 3.8) is 0 Å². The lowest BCUT2D eigenvalue weighted by molar-refractivity contribution is 0.229. The van der Waals surface area contributed by atoms with Gasteiger partial charge in [0, 0.05) is 9.50 Å². The number of aliphatic hydroxyl groups excluding tert-OH is 1. The minimum absolute atomic E-state index is 0.692. The van der Waals surface area contributed by atoms with Crippen molar-refractivity contribution in [1.82, 2.24) is 0 Å². The summed E-state index contributed by atoms with van der Waals surface area (Å²) in [5.41, 5.74) is 3.93. The average molecular weight is 388 g/mol. The van der Waals surface area contributed by atoms with Gasteiger partial charge in [0.1, 0.15) is 0 Å². The number of fused-ring (bicyclic) bond motifs is 1. The zero-order chi connectivity index (χ0) is 16.6. The highest BCUT2D eigenvalue weighted by Gasteiger charge is 2.20. The fourth-order valence-corrected chi connectivity index (χ4v) is 3.65. The Bertz CT molecular complexity index is 884. The molecule has 0 bridgehead atoms. The van der Waals surface area contributed by atoms with Crippen LogP contribution < -0.4 is 0 Å². The van der Waals surface area contributed by atoms with Crippen molar-refractivity contribution < 1.29 is 5.11 Å². The van der Waals surface area contributed by atoms with E-state index in [1.807, 2.05) is 43.3 Å². The molecule has 0 amide bonds. The van der Waals surface area contributed by atoms with Crippen molar-refractivity contribution in [2.75, 3.05) is 0 Å². The Kier molecular flexibility index (Phi) is 4.58. The molecule has 23 heavy (non-hydrogen) atoms. The molecule has 1 atom stereocenters. The van der Waals surface area contributed by atoms with Crippen molar-refractivity contribution >= 4 is 38.3 Å². The number of benzene rings is 3. The monoisotopic (exact) mass is 386 g/mol. The minimum atomic E-state index is -0.735. The van der Waals surface area contributed by atoms with E-state index in [4.69, 9.17) is 11.6 Å². The Morgan fingerprint density at radius 3 is 2.30 bits per heavy atom. The lowest BCUT2D eigenvalue weighted by Crippen LogP contribution is -2.02. The highest BCUT2D eigenvalue weighted by atomic mass is 79.9. The third kappa shape index (κ3) is 2.83. The fourth-order valence-electron chi connectivity index (χ4n) is 2.96. The van der Waals surface area contributed by atoms with Gasteiger partial charge in [-0.2, -0.15) is 0 Å².